The molecule has 9 heteroatoms. The number of hydrogen-bond acceptors (Lipinski definition) is 7. The van der Waals surface area contributed by atoms with Gasteiger partial charge in [-0.2, -0.15) is 0 Å². The zero-order chi connectivity index (χ0) is 25.7. The fourth-order valence-corrected chi connectivity index (χ4v) is 3.68. The second kappa shape index (κ2) is 10.6. The smallest absolute Gasteiger partial charge is 0.410 e. The van der Waals surface area contributed by atoms with E-state index in [1.165, 1.54) is 12.3 Å². The number of benzene rings is 2. The van der Waals surface area contributed by atoms with Crippen LogP contribution in [0.15, 0.2) is 66.9 Å². The molecule has 188 valence electrons. The third kappa shape index (κ3) is 6.65. The summed E-state index contributed by atoms with van der Waals surface area (Å²) in [5, 5.41) is 13.0. The van der Waals surface area contributed by atoms with Gasteiger partial charge in [-0.1, -0.05) is 18.2 Å². The number of para-hydroxylation sites is 1. The summed E-state index contributed by atoms with van der Waals surface area (Å²) in [7, 11) is 0. The number of nitrogens with zero attached hydrogens (tertiary/aromatic N) is 2. The molecule has 0 aliphatic carbocycles. The maximum atomic E-state index is 12.3. The number of hydrogen-bond donors (Lipinski definition) is 2. The van der Waals surface area contributed by atoms with Crippen molar-refractivity contribution >= 4 is 17.7 Å². The van der Waals surface area contributed by atoms with E-state index in [9.17, 15) is 14.7 Å². The minimum atomic E-state index is -1.16. The Morgan fingerprint density at radius 3 is 2.28 bits per heavy atom. The fourth-order valence-electron chi connectivity index (χ4n) is 3.68. The number of likely N-dealkylation sites (tertiary alicyclic amines) is 1. The molecule has 2 aromatic carbocycles. The number of anilines is 1. The van der Waals surface area contributed by atoms with Gasteiger partial charge in [0.1, 0.15) is 28.4 Å². The maximum Gasteiger partial charge on any atom is 0.410 e. The van der Waals surface area contributed by atoms with Crippen molar-refractivity contribution in [2.75, 3.05) is 18.4 Å². The van der Waals surface area contributed by atoms with E-state index in [4.69, 9.17) is 14.2 Å². The van der Waals surface area contributed by atoms with E-state index in [2.05, 4.69) is 10.3 Å². The lowest BCUT2D eigenvalue weighted by Crippen LogP contribution is -2.36. The van der Waals surface area contributed by atoms with Gasteiger partial charge in [-0.05, 0) is 69.7 Å². The lowest BCUT2D eigenvalue weighted by atomic mass is 10.2. The van der Waals surface area contributed by atoms with Gasteiger partial charge < -0.3 is 29.5 Å². The molecule has 1 fully saturated rings. The molecule has 0 spiro atoms. The second-order valence-electron chi connectivity index (χ2n) is 9.43. The lowest BCUT2D eigenvalue weighted by molar-refractivity contribution is 0.0293. The predicted molar refractivity (Wildman–Crippen MR) is 134 cm³/mol. The maximum absolute atomic E-state index is 12.3. The van der Waals surface area contributed by atoms with Crippen LogP contribution in [0.5, 0.6) is 23.1 Å². The largest absolute Gasteiger partial charge is 0.477 e. The molecule has 4 rings (SSSR count). The van der Waals surface area contributed by atoms with E-state index < -0.39 is 11.6 Å². The van der Waals surface area contributed by atoms with Gasteiger partial charge in [0.25, 0.3) is 0 Å². The van der Waals surface area contributed by atoms with Crippen molar-refractivity contribution in [1.82, 2.24) is 9.88 Å². The molecule has 1 aromatic heterocycles. The molecule has 1 aliphatic heterocycles. The highest BCUT2D eigenvalue weighted by molar-refractivity contribution is 5.91. The van der Waals surface area contributed by atoms with Gasteiger partial charge in [-0.3, -0.25) is 0 Å². The van der Waals surface area contributed by atoms with Crippen LogP contribution in [-0.4, -0.2) is 51.8 Å². The molecule has 2 heterocycles. The predicted octanol–water partition coefficient (Wildman–Crippen LogP) is 5.79. The molecule has 3 aromatic rings. The van der Waals surface area contributed by atoms with E-state index in [1.54, 1.807) is 29.2 Å². The van der Waals surface area contributed by atoms with Crippen molar-refractivity contribution in [2.45, 2.75) is 38.8 Å². The van der Waals surface area contributed by atoms with Crippen LogP contribution in [0, 0.1) is 0 Å². The molecule has 1 unspecified atom stereocenters. The molecular weight excluding hydrogens is 462 g/mol. The average Bonchev–Trinajstić information content (AvgIpc) is 3.29. The summed E-state index contributed by atoms with van der Waals surface area (Å²) in [6, 6.07) is 17.6. The summed E-state index contributed by atoms with van der Waals surface area (Å²) in [5.74, 6) is 0.575. The minimum Gasteiger partial charge on any atom is -0.477 e. The van der Waals surface area contributed by atoms with Gasteiger partial charge >= 0.3 is 12.1 Å². The zero-order valence-electron chi connectivity index (χ0n) is 20.4. The van der Waals surface area contributed by atoms with E-state index in [0.717, 1.165) is 0 Å². The minimum absolute atomic E-state index is 0.0217. The molecule has 2 N–H and O–H groups in total. The molecular formula is C27H29N3O6. The van der Waals surface area contributed by atoms with Gasteiger partial charge in [0, 0.05) is 19.1 Å². The summed E-state index contributed by atoms with van der Waals surface area (Å²) in [6.07, 6.45) is 1.86. The van der Waals surface area contributed by atoms with Gasteiger partial charge in [-0.15, -0.1) is 0 Å². The summed E-state index contributed by atoms with van der Waals surface area (Å²) >= 11 is 0. The van der Waals surface area contributed by atoms with Crippen LogP contribution < -0.4 is 14.8 Å². The van der Waals surface area contributed by atoms with Crippen LogP contribution in [0.2, 0.25) is 0 Å². The first kappa shape index (κ1) is 24.8. The molecule has 1 amide bonds. The Morgan fingerprint density at radius 2 is 1.64 bits per heavy atom. The molecule has 0 bridgehead atoms. The second-order valence-corrected chi connectivity index (χ2v) is 9.43. The number of carboxylic acid groups (broad SMARTS) is 1. The number of carboxylic acids is 1. The van der Waals surface area contributed by atoms with Crippen molar-refractivity contribution < 1.29 is 28.9 Å². The summed E-state index contributed by atoms with van der Waals surface area (Å²) < 4.78 is 16.9. The molecule has 1 saturated heterocycles. The average molecular weight is 492 g/mol. The zero-order valence-corrected chi connectivity index (χ0v) is 20.4. The van der Waals surface area contributed by atoms with Crippen LogP contribution >= 0.6 is 0 Å². The molecule has 1 aliphatic rings. The first-order valence-electron chi connectivity index (χ1n) is 11.6. The van der Waals surface area contributed by atoms with Crippen molar-refractivity contribution in [3.8, 4) is 23.1 Å². The normalized spacial score (nSPS) is 15.3. The lowest BCUT2D eigenvalue weighted by Gasteiger charge is -2.24. The van der Waals surface area contributed by atoms with Gasteiger partial charge in [0.15, 0.2) is 0 Å². The quantitative estimate of drug-likeness (QED) is 0.428. The standard InChI is InChI=1S/C27H29N3O6/c1-27(2,3)36-26(33)30-14-13-18(17-30)29-19-15-23(25(31)32)24(28-16-19)35-22-11-9-21(10-12-22)34-20-7-5-4-6-8-20/h4-12,15-16,18,29H,13-14,17H2,1-3H3,(H,31,32). The van der Waals surface area contributed by atoms with Crippen LogP contribution in [0.3, 0.4) is 0 Å². The number of pyridine rings is 1. The first-order valence-corrected chi connectivity index (χ1v) is 11.6. The monoisotopic (exact) mass is 491 g/mol. The Balaban J connectivity index is 1.39. The number of carbonyl (C=O) groups is 2. The third-order valence-electron chi connectivity index (χ3n) is 5.31. The SMILES string of the molecule is CC(C)(C)OC(=O)N1CCC(Nc2cnc(Oc3ccc(Oc4ccccc4)cc3)c(C(=O)O)c2)C1. The number of rotatable bonds is 7. The Kier molecular flexibility index (Phi) is 7.28. The Hall–Kier alpha value is -4.27. The topological polar surface area (TPSA) is 110 Å². The highest BCUT2D eigenvalue weighted by Crippen LogP contribution is 2.29. The molecule has 9 nitrogen and oxygen atoms in total. The van der Waals surface area contributed by atoms with Crippen molar-refractivity contribution in [1.29, 1.82) is 0 Å². The molecule has 36 heavy (non-hydrogen) atoms. The number of carbonyl (C=O) groups excluding carboxylic acids is 1. The highest BCUT2D eigenvalue weighted by atomic mass is 16.6. The number of aromatic carboxylic acids is 1. The molecule has 0 radical (unpaired) electrons. The van der Waals surface area contributed by atoms with Crippen molar-refractivity contribution in [3.05, 3.63) is 72.4 Å². The van der Waals surface area contributed by atoms with Gasteiger partial charge in [0.2, 0.25) is 5.88 Å². The first-order chi connectivity index (χ1) is 17.2. The Labute approximate surface area is 209 Å². The Bertz CT molecular complexity index is 1210. The van der Waals surface area contributed by atoms with Crippen molar-refractivity contribution in [3.63, 3.8) is 0 Å². The summed E-state index contributed by atoms with van der Waals surface area (Å²) in [4.78, 5) is 30.1. The third-order valence-corrected chi connectivity index (χ3v) is 5.31. The van der Waals surface area contributed by atoms with Crippen LogP contribution in [0.25, 0.3) is 0 Å². The van der Waals surface area contributed by atoms with E-state index in [1.807, 2.05) is 51.1 Å². The highest BCUT2D eigenvalue weighted by Gasteiger charge is 2.30. The summed E-state index contributed by atoms with van der Waals surface area (Å²) in [6.45, 7) is 6.48. The van der Waals surface area contributed by atoms with Crippen LogP contribution in [0.4, 0.5) is 10.5 Å². The number of aromatic nitrogens is 1. The van der Waals surface area contributed by atoms with E-state index in [-0.39, 0.29) is 23.6 Å². The van der Waals surface area contributed by atoms with Gasteiger partial charge in [0.05, 0.1) is 11.9 Å². The van der Waals surface area contributed by atoms with Gasteiger partial charge in [-0.25, -0.2) is 14.6 Å². The van der Waals surface area contributed by atoms with Crippen LogP contribution in [-0.2, 0) is 4.74 Å². The number of amides is 1. The molecule has 1 atom stereocenters. The van der Waals surface area contributed by atoms with Crippen LogP contribution in [0.1, 0.15) is 37.6 Å². The summed E-state index contributed by atoms with van der Waals surface area (Å²) in [5.41, 5.74) is -0.109. The molecule has 0 saturated carbocycles. The fraction of sp³-hybridized carbons (Fsp3) is 0.296. The number of ether oxygens (including phenoxy) is 3. The van der Waals surface area contributed by atoms with E-state index >= 15 is 0 Å². The van der Waals surface area contributed by atoms with Crippen molar-refractivity contribution in [2.24, 2.45) is 0 Å². The number of nitrogens with one attached hydrogen (secondary N) is 1. The van der Waals surface area contributed by atoms with E-state index in [0.29, 0.717) is 42.4 Å². The Morgan fingerprint density at radius 1 is 1.00 bits per heavy atom.